The molecule has 0 aliphatic heterocycles. The number of carbonyl (C=O) groups excluding carboxylic acids is 1. The molecular formula is C21H17ClFNO. The summed E-state index contributed by atoms with van der Waals surface area (Å²) in [5.41, 5.74) is 2.33. The molecule has 0 saturated carbocycles. The Morgan fingerprint density at radius 2 is 1.68 bits per heavy atom. The van der Waals surface area contributed by atoms with Crippen LogP contribution in [-0.2, 0) is 0 Å². The van der Waals surface area contributed by atoms with E-state index in [1.807, 2.05) is 48.5 Å². The molecule has 0 unspecified atom stereocenters. The zero-order chi connectivity index (χ0) is 17.6. The number of carbonyl (C=O) groups is 1. The van der Waals surface area contributed by atoms with Gasteiger partial charge < -0.3 is 5.32 Å². The van der Waals surface area contributed by atoms with Crippen LogP contribution in [0.1, 0.15) is 28.4 Å². The van der Waals surface area contributed by atoms with Gasteiger partial charge in [0.1, 0.15) is 5.82 Å². The minimum atomic E-state index is -0.354. The zero-order valence-corrected chi connectivity index (χ0v) is 14.2. The zero-order valence-electron chi connectivity index (χ0n) is 13.5. The van der Waals surface area contributed by atoms with Gasteiger partial charge in [-0.25, -0.2) is 4.39 Å². The molecule has 0 bridgehead atoms. The number of ketones is 1. The summed E-state index contributed by atoms with van der Waals surface area (Å²) in [5.74, 6) is -0.406. The number of rotatable bonds is 6. The first-order valence-corrected chi connectivity index (χ1v) is 8.35. The first-order valence-electron chi connectivity index (χ1n) is 7.97. The summed E-state index contributed by atoms with van der Waals surface area (Å²) in [7, 11) is 0. The van der Waals surface area contributed by atoms with Gasteiger partial charge in [0.25, 0.3) is 0 Å². The normalized spacial score (nSPS) is 11.8. The molecule has 1 N–H and O–H groups in total. The lowest BCUT2D eigenvalue weighted by Gasteiger charge is -2.20. The summed E-state index contributed by atoms with van der Waals surface area (Å²) in [6.45, 7) is 0. The van der Waals surface area contributed by atoms with E-state index in [4.69, 9.17) is 11.6 Å². The van der Waals surface area contributed by atoms with Gasteiger partial charge in [0, 0.05) is 22.7 Å². The standard InChI is InChI=1S/C21H17ClFNO/c22-17-7-4-8-19(13-17)24-20(15-5-2-1-3-6-15)14-21(25)16-9-11-18(23)12-10-16/h1-13,20,24H,14H2/t20-/m0/s1. The number of nitrogens with one attached hydrogen (secondary N) is 1. The molecule has 0 radical (unpaired) electrons. The van der Waals surface area contributed by atoms with Crippen LogP contribution in [0.15, 0.2) is 78.9 Å². The van der Waals surface area contributed by atoms with Crippen LogP contribution in [0.25, 0.3) is 0 Å². The maximum Gasteiger partial charge on any atom is 0.165 e. The highest BCUT2D eigenvalue weighted by Crippen LogP contribution is 2.26. The Kier molecular flexibility index (Phi) is 5.46. The van der Waals surface area contributed by atoms with E-state index in [1.165, 1.54) is 24.3 Å². The predicted octanol–water partition coefficient (Wildman–Crippen LogP) is 5.91. The maximum absolute atomic E-state index is 13.1. The van der Waals surface area contributed by atoms with E-state index in [2.05, 4.69) is 5.32 Å². The molecule has 1 atom stereocenters. The fraction of sp³-hybridized carbons (Fsp3) is 0.0952. The van der Waals surface area contributed by atoms with Crippen molar-refractivity contribution in [1.29, 1.82) is 0 Å². The molecule has 2 nitrogen and oxygen atoms in total. The Hall–Kier alpha value is -2.65. The quantitative estimate of drug-likeness (QED) is 0.558. The summed E-state index contributed by atoms with van der Waals surface area (Å²) in [6, 6.07) is 22.5. The minimum absolute atomic E-state index is 0.0524. The van der Waals surface area contributed by atoms with Gasteiger partial charge in [0.2, 0.25) is 0 Å². The van der Waals surface area contributed by atoms with E-state index in [0.29, 0.717) is 10.6 Å². The molecule has 0 aliphatic rings. The molecule has 0 aromatic heterocycles. The molecule has 3 aromatic carbocycles. The third kappa shape index (κ3) is 4.68. The van der Waals surface area contributed by atoms with Crippen molar-refractivity contribution in [3.63, 3.8) is 0 Å². The first kappa shape index (κ1) is 17.2. The van der Waals surface area contributed by atoms with Crippen LogP contribution in [0.2, 0.25) is 5.02 Å². The van der Waals surface area contributed by atoms with Crippen molar-refractivity contribution in [2.75, 3.05) is 5.32 Å². The van der Waals surface area contributed by atoms with Gasteiger partial charge >= 0.3 is 0 Å². The van der Waals surface area contributed by atoms with Gasteiger partial charge in [-0.15, -0.1) is 0 Å². The molecule has 0 saturated heterocycles. The lowest BCUT2D eigenvalue weighted by molar-refractivity contribution is 0.0976. The fourth-order valence-electron chi connectivity index (χ4n) is 2.66. The molecule has 3 aromatic rings. The summed E-state index contributed by atoms with van der Waals surface area (Å²) < 4.78 is 13.1. The largest absolute Gasteiger partial charge is 0.378 e. The average molecular weight is 354 g/mol. The molecule has 0 heterocycles. The van der Waals surface area contributed by atoms with Crippen LogP contribution < -0.4 is 5.32 Å². The SMILES string of the molecule is O=C(C[C@H](Nc1cccc(Cl)c1)c1ccccc1)c1ccc(F)cc1. The lowest BCUT2D eigenvalue weighted by Crippen LogP contribution is -2.15. The van der Waals surface area contributed by atoms with Crippen molar-refractivity contribution in [2.45, 2.75) is 12.5 Å². The van der Waals surface area contributed by atoms with Crippen LogP contribution in [0, 0.1) is 5.82 Å². The second-order valence-corrected chi connectivity index (χ2v) is 6.19. The number of Topliss-reactive ketones (excluding diaryl/α,β-unsaturated/α-hetero) is 1. The highest BCUT2D eigenvalue weighted by molar-refractivity contribution is 6.30. The monoisotopic (exact) mass is 353 g/mol. The molecule has 4 heteroatoms. The van der Waals surface area contributed by atoms with E-state index >= 15 is 0 Å². The van der Waals surface area contributed by atoms with Gasteiger partial charge in [-0.05, 0) is 48.0 Å². The van der Waals surface area contributed by atoms with Crippen LogP contribution in [-0.4, -0.2) is 5.78 Å². The van der Waals surface area contributed by atoms with E-state index in [1.54, 1.807) is 6.07 Å². The highest BCUT2D eigenvalue weighted by atomic mass is 35.5. The molecule has 0 aliphatic carbocycles. The Morgan fingerprint density at radius 3 is 2.36 bits per heavy atom. The van der Waals surface area contributed by atoms with Crippen molar-refractivity contribution in [1.82, 2.24) is 0 Å². The minimum Gasteiger partial charge on any atom is -0.378 e. The Bertz CT molecular complexity index is 849. The van der Waals surface area contributed by atoms with Crippen molar-refractivity contribution in [3.8, 4) is 0 Å². The van der Waals surface area contributed by atoms with Crippen LogP contribution >= 0.6 is 11.6 Å². The maximum atomic E-state index is 13.1. The highest BCUT2D eigenvalue weighted by Gasteiger charge is 2.17. The van der Waals surface area contributed by atoms with Gasteiger partial charge in [-0.3, -0.25) is 4.79 Å². The van der Waals surface area contributed by atoms with Crippen molar-refractivity contribution in [3.05, 3.63) is 101 Å². The van der Waals surface area contributed by atoms with Crippen molar-refractivity contribution in [2.24, 2.45) is 0 Å². The molecule has 0 spiro atoms. The van der Waals surface area contributed by atoms with Crippen LogP contribution in [0.4, 0.5) is 10.1 Å². The smallest absolute Gasteiger partial charge is 0.165 e. The topological polar surface area (TPSA) is 29.1 Å². The van der Waals surface area contributed by atoms with Gasteiger partial charge in [0.15, 0.2) is 5.78 Å². The van der Waals surface area contributed by atoms with Crippen molar-refractivity contribution < 1.29 is 9.18 Å². The van der Waals surface area contributed by atoms with Gasteiger partial charge in [-0.1, -0.05) is 48.0 Å². The van der Waals surface area contributed by atoms with Crippen molar-refractivity contribution >= 4 is 23.1 Å². The van der Waals surface area contributed by atoms with E-state index < -0.39 is 0 Å². The molecule has 0 fully saturated rings. The van der Waals surface area contributed by atoms with E-state index in [9.17, 15) is 9.18 Å². The Balaban J connectivity index is 1.83. The number of benzene rings is 3. The lowest BCUT2D eigenvalue weighted by atomic mass is 9.97. The fourth-order valence-corrected chi connectivity index (χ4v) is 2.85. The molecular weight excluding hydrogens is 337 g/mol. The summed E-state index contributed by atoms with van der Waals surface area (Å²) >= 11 is 6.05. The average Bonchev–Trinajstić information content (AvgIpc) is 2.62. The molecule has 0 amide bonds. The Morgan fingerprint density at radius 1 is 0.960 bits per heavy atom. The van der Waals surface area contributed by atoms with E-state index in [0.717, 1.165) is 11.3 Å². The number of hydrogen-bond acceptors (Lipinski definition) is 2. The second kappa shape index (κ2) is 7.95. The van der Waals surface area contributed by atoms with Crippen LogP contribution in [0.3, 0.4) is 0 Å². The first-order chi connectivity index (χ1) is 12.1. The molecule has 25 heavy (non-hydrogen) atoms. The Labute approximate surface area is 151 Å². The third-order valence-electron chi connectivity index (χ3n) is 3.92. The third-order valence-corrected chi connectivity index (χ3v) is 4.16. The molecule has 3 rings (SSSR count). The summed E-state index contributed by atoms with van der Waals surface area (Å²) in [4.78, 5) is 12.6. The summed E-state index contributed by atoms with van der Waals surface area (Å²) in [5, 5.41) is 4.00. The number of hydrogen-bond donors (Lipinski definition) is 1. The summed E-state index contributed by atoms with van der Waals surface area (Å²) in [6.07, 6.45) is 0.252. The van der Waals surface area contributed by atoms with E-state index in [-0.39, 0.29) is 24.1 Å². The second-order valence-electron chi connectivity index (χ2n) is 5.75. The molecule has 126 valence electrons. The van der Waals surface area contributed by atoms with Crippen LogP contribution in [0.5, 0.6) is 0 Å². The number of halogens is 2. The van der Waals surface area contributed by atoms with Gasteiger partial charge in [0.05, 0.1) is 6.04 Å². The van der Waals surface area contributed by atoms with Gasteiger partial charge in [-0.2, -0.15) is 0 Å². The number of anilines is 1. The predicted molar refractivity (Wildman–Crippen MR) is 99.6 cm³/mol.